The van der Waals surface area contributed by atoms with E-state index in [0.29, 0.717) is 6.42 Å². The van der Waals surface area contributed by atoms with Crippen molar-refractivity contribution in [3.05, 3.63) is 24.2 Å². The summed E-state index contributed by atoms with van der Waals surface area (Å²) >= 11 is 0. The predicted molar refractivity (Wildman–Crippen MR) is 70.1 cm³/mol. The summed E-state index contributed by atoms with van der Waals surface area (Å²) in [6.45, 7) is 3.06. The summed E-state index contributed by atoms with van der Waals surface area (Å²) in [5.41, 5.74) is -1.01. The third kappa shape index (κ3) is 4.11. The lowest BCUT2D eigenvalue weighted by molar-refractivity contribution is -0.148. The van der Waals surface area contributed by atoms with Crippen LogP contribution in [0.15, 0.2) is 22.8 Å². The van der Waals surface area contributed by atoms with Gasteiger partial charge in [-0.25, -0.2) is 0 Å². The van der Waals surface area contributed by atoms with Gasteiger partial charge in [0.05, 0.1) is 18.2 Å². The van der Waals surface area contributed by atoms with Crippen LogP contribution in [0.4, 0.5) is 0 Å². The van der Waals surface area contributed by atoms with E-state index < -0.39 is 23.2 Å². The Labute approximate surface area is 116 Å². The van der Waals surface area contributed by atoms with Crippen LogP contribution >= 0.6 is 0 Å². The van der Waals surface area contributed by atoms with Gasteiger partial charge in [-0.2, -0.15) is 0 Å². The molecular formula is C13H18N2O5. The number of rotatable bonds is 7. The number of hydrogen-bond donors (Lipinski definition) is 3. The van der Waals surface area contributed by atoms with Crippen LogP contribution in [0, 0.1) is 5.41 Å². The Morgan fingerprint density at radius 2 is 2.05 bits per heavy atom. The summed E-state index contributed by atoms with van der Waals surface area (Å²) in [5, 5.41) is 13.9. The molecule has 1 aromatic rings. The SMILES string of the molecule is CCC(C)(CNC(=O)CNC(=O)c1ccco1)C(=O)O. The van der Waals surface area contributed by atoms with Gasteiger partial charge in [0.15, 0.2) is 5.76 Å². The van der Waals surface area contributed by atoms with E-state index in [9.17, 15) is 14.4 Å². The van der Waals surface area contributed by atoms with Crippen LogP contribution < -0.4 is 10.6 Å². The zero-order chi connectivity index (χ0) is 15.2. The first-order chi connectivity index (χ1) is 9.39. The van der Waals surface area contributed by atoms with Crippen molar-refractivity contribution in [3.8, 4) is 0 Å². The molecule has 0 radical (unpaired) electrons. The minimum absolute atomic E-state index is 0.00822. The summed E-state index contributed by atoms with van der Waals surface area (Å²) in [4.78, 5) is 34.1. The van der Waals surface area contributed by atoms with Crippen LogP contribution in [0.2, 0.25) is 0 Å². The van der Waals surface area contributed by atoms with Crippen LogP contribution in [0.1, 0.15) is 30.8 Å². The minimum Gasteiger partial charge on any atom is -0.481 e. The number of carbonyl (C=O) groups excluding carboxylic acids is 2. The first kappa shape index (κ1) is 15.7. The number of furan rings is 1. The highest BCUT2D eigenvalue weighted by atomic mass is 16.4. The molecule has 0 fully saturated rings. The van der Waals surface area contributed by atoms with Crippen molar-refractivity contribution >= 4 is 17.8 Å². The Morgan fingerprint density at radius 3 is 2.55 bits per heavy atom. The highest BCUT2D eigenvalue weighted by molar-refractivity contribution is 5.94. The molecule has 0 aliphatic rings. The molecule has 0 aromatic carbocycles. The van der Waals surface area contributed by atoms with E-state index in [0.717, 1.165) is 0 Å². The maximum absolute atomic E-state index is 11.6. The van der Waals surface area contributed by atoms with Crippen molar-refractivity contribution in [2.75, 3.05) is 13.1 Å². The van der Waals surface area contributed by atoms with Gasteiger partial charge >= 0.3 is 5.97 Å². The zero-order valence-corrected chi connectivity index (χ0v) is 11.4. The topological polar surface area (TPSA) is 109 Å². The smallest absolute Gasteiger partial charge is 0.311 e. The van der Waals surface area contributed by atoms with Crippen molar-refractivity contribution in [2.24, 2.45) is 5.41 Å². The molecule has 3 N–H and O–H groups in total. The normalized spacial score (nSPS) is 13.3. The molecule has 1 atom stereocenters. The van der Waals surface area contributed by atoms with Gasteiger partial charge in [0, 0.05) is 6.54 Å². The standard InChI is InChI=1S/C13H18N2O5/c1-3-13(2,12(18)19)8-15-10(16)7-14-11(17)9-5-4-6-20-9/h4-6H,3,7-8H2,1-2H3,(H,14,17)(H,15,16)(H,18,19). The summed E-state index contributed by atoms with van der Waals surface area (Å²) < 4.78 is 4.87. The molecular weight excluding hydrogens is 264 g/mol. The monoisotopic (exact) mass is 282 g/mol. The second-order valence-corrected chi connectivity index (χ2v) is 4.66. The Kier molecular flexibility index (Phi) is 5.31. The molecule has 0 aliphatic carbocycles. The van der Waals surface area contributed by atoms with Crippen molar-refractivity contribution in [3.63, 3.8) is 0 Å². The number of hydrogen-bond acceptors (Lipinski definition) is 4. The van der Waals surface area contributed by atoms with Gasteiger partial charge < -0.3 is 20.2 Å². The van der Waals surface area contributed by atoms with Crippen molar-refractivity contribution in [2.45, 2.75) is 20.3 Å². The van der Waals surface area contributed by atoms with Crippen molar-refractivity contribution < 1.29 is 23.9 Å². The molecule has 20 heavy (non-hydrogen) atoms. The fourth-order valence-electron chi connectivity index (χ4n) is 1.36. The van der Waals surface area contributed by atoms with E-state index in [-0.39, 0.29) is 18.8 Å². The van der Waals surface area contributed by atoms with Gasteiger partial charge in [0.1, 0.15) is 0 Å². The first-order valence-electron chi connectivity index (χ1n) is 6.21. The number of carboxylic acid groups (broad SMARTS) is 1. The Balaban J connectivity index is 2.37. The van der Waals surface area contributed by atoms with Crippen LogP contribution in [0.5, 0.6) is 0 Å². The maximum Gasteiger partial charge on any atom is 0.311 e. The number of amides is 2. The molecule has 0 saturated carbocycles. The zero-order valence-electron chi connectivity index (χ0n) is 11.4. The Morgan fingerprint density at radius 1 is 1.35 bits per heavy atom. The quantitative estimate of drug-likeness (QED) is 0.679. The summed E-state index contributed by atoms with van der Waals surface area (Å²) in [7, 11) is 0. The third-order valence-corrected chi connectivity index (χ3v) is 3.13. The van der Waals surface area contributed by atoms with Gasteiger partial charge in [-0.1, -0.05) is 6.92 Å². The first-order valence-corrected chi connectivity index (χ1v) is 6.21. The predicted octanol–water partition coefficient (Wildman–Crippen LogP) is 0.626. The molecule has 7 nitrogen and oxygen atoms in total. The van der Waals surface area contributed by atoms with Gasteiger partial charge in [-0.05, 0) is 25.5 Å². The maximum atomic E-state index is 11.6. The molecule has 0 bridgehead atoms. The largest absolute Gasteiger partial charge is 0.481 e. The van der Waals surface area contributed by atoms with E-state index >= 15 is 0 Å². The van der Waals surface area contributed by atoms with E-state index in [1.807, 2.05) is 0 Å². The van der Waals surface area contributed by atoms with E-state index in [2.05, 4.69) is 10.6 Å². The van der Waals surface area contributed by atoms with E-state index in [4.69, 9.17) is 9.52 Å². The van der Waals surface area contributed by atoms with Crippen molar-refractivity contribution in [1.29, 1.82) is 0 Å². The molecule has 7 heteroatoms. The van der Waals surface area contributed by atoms with Gasteiger partial charge in [0.25, 0.3) is 5.91 Å². The number of carboxylic acids is 1. The fourth-order valence-corrected chi connectivity index (χ4v) is 1.36. The average Bonchev–Trinajstić information content (AvgIpc) is 2.95. The average molecular weight is 282 g/mol. The fraction of sp³-hybridized carbons (Fsp3) is 0.462. The number of nitrogens with one attached hydrogen (secondary N) is 2. The Bertz CT molecular complexity index is 483. The molecule has 0 aliphatic heterocycles. The lowest BCUT2D eigenvalue weighted by atomic mass is 9.88. The van der Waals surface area contributed by atoms with Gasteiger partial charge in [-0.15, -0.1) is 0 Å². The van der Waals surface area contributed by atoms with E-state index in [1.165, 1.54) is 12.3 Å². The second kappa shape index (κ2) is 6.74. The summed E-state index contributed by atoms with van der Waals surface area (Å²) in [5.74, 6) is -1.81. The molecule has 110 valence electrons. The second-order valence-electron chi connectivity index (χ2n) is 4.66. The lowest BCUT2D eigenvalue weighted by Gasteiger charge is -2.23. The summed E-state index contributed by atoms with van der Waals surface area (Å²) in [6, 6.07) is 3.04. The molecule has 1 heterocycles. The van der Waals surface area contributed by atoms with Crippen LogP contribution in [0.3, 0.4) is 0 Å². The summed E-state index contributed by atoms with van der Waals surface area (Å²) in [6.07, 6.45) is 1.75. The minimum atomic E-state index is -1.01. The molecule has 0 saturated heterocycles. The van der Waals surface area contributed by atoms with Crippen LogP contribution in [-0.2, 0) is 9.59 Å². The van der Waals surface area contributed by atoms with Crippen LogP contribution in [-0.4, -0.2) is 36.0 Å². The van der Waals surface area contributed by atoms with Gasteiger partial charge in [0.2, 0.25) is 5.91 Å². The Hall–Kier alpha value is -2.31. The molecule has 1 aromatic heterocycles. The third-order valence-electron chi connectivity index (χ3n) is 3.13. The molecule has 2 amide bonds. The van der Waals surface area contributed by atoms with Gasteiger partial charge in [-0.3, -0.25) is 14.4 Å². The number of aliphatic carboxylic acids is 1. The van der Waals surface area contributed by atoms with Crippen LogP contribution in [0.25, 0.3) is 0 Å². The highest BCUT2D eigenvalue weighted by Crippen LogP contribution is 2.19. The number of carbonyl (C=O) groups is 3. The molecule has 1 rings (SSSR count). The van der Waals surface area contributed by atoms with E-state index in [1.54, 1.807) is 19.9 Å². The molecule has 0 spiro atoms. The lowest BCUT2D eigenvalue weighted by Crippen LogP contribution is -2.44. The highest BCUT2D eigenvalue weighted by Gasteiger charge is 2.31. The van der Waals surface area contributed by atoms with Crippen molar-refractivity contribution in [1.82, 2.24) is 10.6 Å². The molecule has 1 unspecified atom stereocenters.